The molecule has 0 spiro atoms. The van der Waals surface area contributed by atoms with Crippen molar-refractivity contribution in [2.24, 2.45) is 0 Å². The number of hydrogen-bond donors (Lipinski definition) is 0. The van der Waals surface area contributed by atoms with Crippen LogP contribution in [0.1, 0.15) is 68.9 Å². The molecule has 21 heavy (non-hydrogen) atoms. The molecule has 1 aromatic heterocycles. The van der Waals surface area contributed by atoms with E-state index in [1.54, 1.807) is 0 Å². The van der Waals surface area contributed by atoms with E-state index in [2.05, 4.69) is 43.1 Å². The summed E-state index contributed by atoms with van der Waals surface area (Å²) in [5.74, 6) is 2.48. The van der Waals surface area contributed by atoms with Gasteiger partial charge in [0.1, 0.15) is 5.76 Å². The van der Waals surface area contributed by atoms with E-state index >= 15 is 0 Å². The quantitative estimate of drug-likeness (QED) is 0.673. The second-order valence-electron chi connectivity index (χ2n) is 5.67. The number of aromatic nitrogens is 1. The molecule has 0 unspecified atom stereocenters. The highest BCUT2D eigenvalue weighted by Gasteiger charge is 2.22. The molecule has 1 fully saturated rings. The highest BCUT2D eigenvalue weighted by Crippen LogP contribution is 2.36. The molecule has 0 N–H and O–H groups in total. The van der Waals surface area contributed by atoms with Crippen LogP contribution in [-0.4, -0.2) is 4.98 Å². The van der Waals surface area contributed by atoms with Crippen molar-refractivity contribution >= 4 is 0 Å². The lowest BCUT2D eigenvalue weighted by atomic mass is 9.87. The van der Waals surface area contributed by atoms with Gasteiger partial charge in [-0.3, -0.25) is 0 Å². The molecule has 2 aromatic rings. The molecule has 2 nitrogen and oxygen atoms in total. The SMILES string of the molecule is CC.Cc1ccc(-c2nc(C)c(C3CCCCC3)o2)cc1. The summed E-state index contributed by atoms with van der Waals surface area (Å²) in [5.41, 5.74) is 3.41. The van der Waals surface area contributed by atoms with E-state index in [0.29, 0.717) is 5.92 Å². The highest BCUT2D eigenvalue weighted by atomic mass is 16.4. The Balaban J connectivity index is 0.000000774. The summed E-state index contributed by atoms with van der Waals surface area (Å²) >= 11 is 0. The standard InChI is InChI=1S/C17H21NO.C2H6/c1-12-8-10-15(11-9-12)17-18-13(2)16(19-17)14-6-4-3-5-7-14;1-2/h8-11,14H,3-7H2,1-2H3;1-2H3. The van der Waals surface area contributed by atoms with Gasteiger partial charge in [0.15, 0.2) is 0 Å². The first-order valence-electron chi connectivity index (χ1n) is 8.28. The Morgan fingerprint density at radius 2 is 1.57 bits per heavy atom. The predicted octanol–water partition coefficient (Wildman–Crippen LogP) is 6.03. The van der Waals surface area contributed by atoms with Crippen LogP contribution in [0.5, 0.6) is 0 Å². The third-order valence-electron chi connectivity index (χ3n) is 4.11. The Kier molecular flexibility index (Phi) is 5.60. The van der Waals surface area contributed by atoms with Crippen molar-refractivity contribution in [3.63, 3.8) is 0 Å². The van der Waals surface area contributed by atoms with Gasteiger partial charge in [0, 0.05) is 11.5 Å². The molecule has 1 heterocycles. The fourth-order valence-electron chi connectivity index (χ4n) is 2.97. The summed E-state index contributed by atoms with van der Waals surface area (Å²) < 4.78 is 6.07. The maximum Gasteiger partial charge on any atom is 0.226 e. The molecule has 1 aliphatic carbocycles. The van der Waals surface area contributed by atoms with Crippen molar-refractivity contribution in [2.75, 3.05) is 0 Å². The maximum absolute atomic E-state index is 6.07. The van der Waals surface area contributed by atoms with Gasteiger partial charge < -0.3 is 4.42 Å². The minimum Gasteiger partial charge on any atom is -0.441 e. The molecule has 0 bridgehead atoms. The first-order valence-corrected chi connectivity index (χ1v) is 8.28. The summed E-state index contributed by atoms with van der Waals surface area (Å²) in [7, 11) is 0. The van der Waals surface area contributed by atoms with Crippen LogP contribution in [0.25, 0.3) is 11.5 Å². The lowest BCUT2D eigenvalue weighted by Crippen LogP contribution is -2.04. The van der Waals surface area contributed by atoms with Crippen molar-refractivity contribution in [1.82, 2.24) is 4.98 Å². The van der Waals surface area contributed by atoms with Crippen LogP contribution in [0.4, 0.5) is 0 Å². The second kappa shape index (κ2) is 7.44. The van der Waals surface area contributed by atoms with Crippen molar-refractivity contribution in [2.45, 2.75) is 65.7 Å². The molecule has 1 saturated carbocycles. The fourth-order valence-corrected chi connectivity index (χ4v) is 2.97. The van der Waals surface area contributed by atoms with Crippen LogP contribution in [0.2, 0.25) is 0 Å². The van der Waals surface area contributed by atoms with Crippen molar-refractivity contribution < 1.29 is 4.42 Å². The number of aryl methyl sites for hydroxylation is 2. The summed E-state index contributed by atoms with van der Waals surface area (Å²) in [4.78, 5) is 4.62. The Bertz CT molecular complexity index is 547. The normalized spacial score (nSPS) is 15.4. The second-order valence-corrected chi connectivity index (χ2v) is 5.67. The van der Waals surface area contributed by atoms with E-state index < -0.39 is 0 Å². The Hall–Kier alpha value is -1.57. The minimum absolute atomic E-state index is 0.584. The molecule has 114 valence electrons. The fraction of sp³-hybridized carbons (Fsp3) is 0.526. The minimum atomic E-state index is 0.584. The number of hydrogen-bond acceptors (Lipinski definition) is 2. The molecule has 1 aliphatic rings. The topological polar surface area (TPSA) is 26.0 Å². The van der Waals surface area contributed by atoms with Crippen LogP contribution < -0.4 is 0 Å². The molecule has 0 atom stereocenters. The van der Waals surface area contributed by atoms with E-state index in [1.807, 2.05) is 13.8 Å². The van der Waals surface area contributed by atoms with Gasteiger partial charge in [0.05, 0.1) is 5.69 Å². The molecule has 2 heteroatoms. The summed E-state index contributed by atoms with van der Waals surface area (Å²) in [6.07, 6.45) is 6.52. The molecule has 0 aliphatic heterocycles. The van der Waals surface area contributed by atoms with Gasteiger partial charge in [0.2, 0.25) is 5.89 Å². The van der Waals surface area contributed by atoms with Crippen molar-refractivity contribution in [3.8, 4) is 11.5 Å². The maximum atomic E-state index is 6.07. The van der Waals surface area contributed by atoms with Gasteiger partial charge in [-0.15, -0.1) is 0 Å². The Labute approximate surface area is 128 Å². The summed E-state index contributed by atoms with van der Waals surface area (Å²) in [5, 5.41) is 0. The monoisotopic (exact) mass is 285 g/mol. The molecular formula is C19H27NO. The van der Waals surface area contributed by atoms with Gasteiger partial charge >= 0.3 is 0 Å². The first kappa shape index (κ1) is 15.8. The molecule has 0 amide bonds. The summed E-state index contributed by atoms with van der Waals surface area (Å²) in [6, 6.07) is 8.39. The van der Waals surface area contributed by atoms with Gasteiger partial charge in [-0.1, -0.05) is 50.8 Å². The largest absolute Gasteiger partial charge is 0.441 e. The number of nitrogens with zero attached hydrogens (tertiary/aromatic N) is 1. The van der Waals surface area contributed by atoms with E-state index in [-0.39, 0.29) is 0 Å². The number of benzene rings is 1. The number of oxazole rings is 1. The Morgan fingerprint density at radius 3 is 2.19 bits per heavy atom. The average molecular weight is 285 g/mol. The smallest absolute Gasteiger partial charge is 0.226 e. The van der Waals surface area contributed by atoms with Crippen LogP contribution in [-0.2, 0) is 0 Å². The van der Waals surface area contributed by atoms with Crippen LogP contribution in [0.3, 0.4) is 0 Å². The lowest BCUT2D eigenvalue weighted by Gasteiger charge is -2.19. The van der Waals surface area contributed by atoms with Gasteiger partial charge in [-0.05, 0) is 38.8 Å². The Morgan fingerprint density at radius 1 is 0.952 bits per heavy atom. The predicted molar refractivity (Wildman–Crippen MR) is 88.6 cm³/mol. The first-order chi connectivity index (χ1) is 10.2. The van der Waals surface area contributed by atoms with Crippen LogP contribution in [0, 0.1) is 13.8 Å². The van der Waals surface area contributed by atoms with Gasteiger partial charge in [-0.2, -0.15) is 0 Å². The van der Waals surface area contributed by atoms with E-state index in [1.165, 1.54) is 37.7 Å². The van der Waals surface area contributed by atoms with E-state index in [0.717, 1.165) is 22.9 Å². The van der Waals surface area contributed by atoms with Crippen LogP contribution in [0.15, 0.2) is 28.7 Å². The lowest BCUT2D eigenvalue weighted by molar-refractivity contribution is 0.376. The zero-order valence-electron chi connectivity index (χ0n) is 13.8. The number of rotatable bonds is 2. The van der Waals surface area contributed by atoms with E-state index in [9.17, 15) is 0 Å². The van der Waals surface area contributed by atoms with Crippen LogP contribution >= 0.6 is 0 Å². The van der Waals surface area contributed by atoms with Crippen molar-refractivity contribution in [3.05, 3.63) is 41.3 Å². The molecule has 3 rings (SSSR count). The highest BCUT2D eigenvalue weighted by molar-refractivity contribution is 5.54. The zero-order valence-corrected chi connectivity index (χ0v) is 13.8. The molecule has 1 aromatic carbocycles. The zero-order chi connectivity index (χ0) is 15.2. The van der Waals surface area contributed by atoms with Gasteiger partial charge in [0.25, 0.3) is 0 Å². The average Bonchev–Trinajstić information content (AvgIpc) is 2.93. The molecule has 0 saturated heterocycles. The summed E-state index contributed by atoms with van der Waals surface area (Å²) in [6.45, 7) is 8.17. The third kappa shape index (κ3) is 3.75. The van der Waals surface area contributed by atoms with E-state index in [4.69, 9.17) is 4.42 Å². The molecule has 0 radical (unpaired) electrons. The van der Waals surface area contributed by atoms with Crippen molar-refractivity contribution in [1.29, 1.82) is 0 Å². The third-order valence-corrected chi connectivity index (χ3v) is 4.11. The molecular weight excluding hydrogens is 258 g/mol. The van der Waals surface area contributed by atoms with Gasteiger partial charge in [-0.25, -0.2) is 4.98 Å².